The highest BCUT2D eigenvalue weighted by atomic mass is 79.9. The molecule has 3 aromatic rings. The number of nitrogens with zero attached hydrogens (tertiary/aromatic N) is 3. The molecule has 24 heavy (non-hydrogen) atoms. The Balaban J connectivity index is 1.86. The number of carbonyl (C=O) groups is 1. The predicted molar refractivity (Wildman–Crippen MR) is 99.1 cm³/mol. The van der Waals surface area contributed by atoms with Crippen LogP contribution in [0.15, 0.2) is 53.3 Å². The Morgan fingerprint density at radius 1 is 1.17 bits per heavy atom. The minimum absolute atomic E-state index is 0.0594. The number of hydrogen-bond donors (Lipinski definition) is 0. The molecule has 4 nitrogen and oxygen atoms in total. The second-order valence-electron chi connectivity index (χ2n) is 5.78. The fourth-order valence-corrected chi connectivity index (χ4v) is 3.14. The number of amides is 1. The van der Waals surface area contributed by atoms with E-state index >= 15 is 0 Å². The predicted octanol–water partition coefficient (Wildman–Crippen LogP) is 4.02. The lowest BCUT2D eigenvalue weighted by Crippen LogP contribution is -2.30. The molecule has 5 heteroatoms. The van der Waals surface area contributed by atoms with E-state index in [1.54, 1.807) is 17.3 Å². The SMILES string of the molecule is Cc1cc2c(Br)cccc2c(C(=O)N(C)CCc2ccncc2)n1. The van der Waals surface area contributed by atoms with Gasteiger partial charge in [0.05, 0.1) is 0 Å². The van der Waals surface area contributed by atoms with Crippen LogP contribution in [-0.4, -0.2) is 34.4 Å². The van der Waals surface area contributed by atoms with Crippen molar-refractivity contribution in [1.82, 2.24) is 14.9 Å². The lowest BCUT2D eigenvalue weighted by atomic mass is 10.1. The van der Waals surface area contributed by atoms with Gasteiger partial charge in [-0.15, -0.1) is 0 Å². The monoisotopic (exact) mass is 383 g/mol. The van der Waals surface area contributed by atoms with Crippen LogP contribution >= 0.6 is 15.9 Å². The Hall–Kier alpha value is -2.27. The van der Waals surface area contributed by atoms with Crippen LogP contribution in [0.2, 0.25) is 0 Å². The van der Waals surface area contributed by atoms with Crippen LogP contribution in [0, 0.1) is 6.92 Å². The molecule has 3 rings (SSSR count). The summed E-state index contributed by atoms with van der Waals surface area (Å²) in [5, 5.41) is 1.88. The first-order valence-corrected chi connectivity index (χ1v) is 8.56. The molecule has 0 aliphatic heterocycles. The summed E-state index contributed by atoms with van der Waals surface area (Å²) in [5.41, 5.74) is 2.50. The number of likely N-dealkylation sites (N-methyl/N-ethyl adjacent to an activating group) is 1. The molecule has 1 amide bonds. The quantitative estimate of drug-likeness (QED) is 0.683. The molecule has 0 spiro atoms. The van der Waals surface area contributed by atoms with Gasteiger partial charge in [-0.3, -0.25) is 9.78 Å². The Labute approximate surface area is 149 Å². The summed E-state index contributed by atoms with van der Waals surface area (Å²) in [6.45, 7) is 2.54. The molecule has 0 aliphatic carbocycles. The van der Waals surface area contributed by atoms with Gasteiger partial charge in [-0.2, -0.15) is 0 Å². The third-order valence-corrected chi connectivity index (χ3v) is 4.68. The van der Waals surface area contributed by atoms with Gasteiger partial charge in [-0.25, -0.2) is 4.98 Å². The largest absolute Gasteiger partial charge is 0.340 e. The van der Waals surface area contributed by atoms with E-state index in [0.29, 0.717) is 12.2 Å². The Bertz CT molecular complexity index is 880. The zero-order valence-corrected chi connectivity index (χ0v) is 15.2. The highest BCUT2D eigenvalue weighted by Crippen LogP contribution is 2.27. The van der Waals surface area contributed by atoms with Gasteiger partial charge in [0.2, 0.25) is 0 Å². The number of hydrogen-bond acceptors (Lipinski definition) is 3. The van der Waals surface area contributed by atoms with Gasteiger partial charge < -0.3 is 4.90 Å². The van der Waals surface area contributed by atoms with E-state index in [-0.39, 0.29) is 5.91 Å². The van der Waals surface area contributed by atoms with Crippen LogP contribution < -0.4 is 0 Å². The van der Waals surface area contributed by atoms with Crippen molar-refractivity contribution in [2.75, 3.05) is 13.6 Å². The maximum absolute atomic E-state index is 12.9. The molecular weight excluding hydrogens is 366 g/mol. The first-order valence-electron chi connectivity index (χ1n) is 7.76. The molecule has 2 heterocycles. The number of rotatable bonds is 4. The number of aryl methyl sites for hydroxylation is 1. The maximum Gasteiger partial charge on any atom is 0.272 e. The summed E-state index contributed by atoms with van der Waals surface area (Å²) in [5.74, 6) is -0.0594. The number of carbonyl (C=O) groups excluding carboxylic acids is 1. The normalized spacial score (nSPS) is 10.8. The van der Waals surface area contributed by atoms with Crippen LogP contribution in [-0.2, 0) is 6.42 Å². The Morgan fingerprint density at radius 2 is 1.92 bits per heavy atom. The molecule has 0 atom stereocenters. The number of fused-ring (bicyclic) bond motifs is 1. The summed E-state index contributed by atoms with van der Waals surface area (Å²) < 4.78 is 0.971. The molecule has 1 aromatic carbocycles. The summed E-state index contributed by atoms with van der Waals surface area (Å²) in [7, 11) is 1.82. The van der Waals surface area contributed by atoms with Gasteiger partial charge in [-0.05, 0) is 43.2 Å². The summed E-state index contributed by atoms with van der Waals surface area (Å²) >= 11 is 3.55. The minimum atomic E-state index is -0.0594. The second kappa shape index (κ2) is 7.09. The van der Waals surface area contributed by atoms with Gasteiger partial charge in [-0.1, -0.05) is 28.1 Å². The summed E-state index contributed by atoms with van der Waals surface area (Å²) in [4.78, 5) is 23.1. The molecule has 0 unspecified atom stereocenters. The molecule has 122 valence electrons. The molecule has 0 saturated heterocycles. The third kappa shape index (κ3) is 3.46. The van der Waals surface area contributed by atoms with Gasteiger partial charge in [0.25, 0.3) is 5.91 Å². The first kappa shape index (κ1) is 16.6. The van der Waals surface area contributed by atoms with Crippen molar-refractivity contribution in [2.45, 2.75) is 13.3 Å². The van der Waals surface area contributed by atoms with Crippen LogP contribution in [0.3, 0.4) is 0 Å². The average molecular weight is 384 g/mol. The number of halogens is 1. The minimum Gasteiger partial charge on any atom is -0.340 e. The standard InChI is InChI=1S/C19H18BrN3O/c1-13-12-16-15(4-3-5-17(16)20)18(22-13)19(24)23(2)11-8-14-6-9-21-10-7-14/h3-7,9-10,12H,8,11H2,1-2H3. The zero-order chi connectivity index (χ0) is 17.1. The first-order chi connectivity index (χ1) is 11.6. The summed E-state index contributed by atoms with van der Waals surface area (Å²) in [6.07, 6.45) is 4.33. The molecule has 0 fully saturated rings. The van der Waals surface area contributed by atoms with Gasteiger partial charge >= 0.3 is 0 Å². The zero-order valence-electron chi connectivity index (χ0n) is 13.7. The van der Waals surface area contributed by atoms with E-state index in [1.165, 1.54) is 0 Å². The van der Waals surface area contributed by atoms with E-state index in [1.807, 2.05) is 50.4 Å². The van der Waals surface area contributed by atoms with Crippen molar-refractivity contribution in [3.63, 3.8) is 0 Å². The maximum atomic E-state index is 12.9. The molecule has 2 aromatic heterocycles. The van der Waals surface area contributed by atoms with E-state index in [4.69, 9.17) is 0 Å². The molecule has 0 N–H and O–H groups in total. The van der Waals surface area contributed by atoms with Gasteiger partial charge in [0.1, 0.15) is 5.69 Å². The van der Waals surface area contributed by atoms with Crippen molar-refractivity contribution in [2.24, 2.45) is 0 Å². The van der Waals surface area contributed by atoms with Crippen LogP contribution in [0.1, 0.15) is 21.7 Å². The number of aromatic nitrogens is 2. The lowest BCUT2D eigenvalue weighted by Gasteiger charge is -2.18. The van der Waals surface area contributed by atoms with E-state index in [0.717, 1.165) is 32.9 Å². The second-order valence-corrected chi connectivity index (χ2v) is 6.63. The lowest BCUT2D eigenvalue weighted by molar-refractivity contribution is 0.0793. The van der Waals surface area contributed by atoms with Crippen molar-refractivity contribution < 1.29 is 4.79 Å². The van der Waals surface area contributed by atoms with E-state index in [2.05, 4.69) is 25.9 Å². The number of pyridine rings is 2. The van der Waals surface area contributed by atoms with Crippen LogP contribution in [0.25, 0.3) is 10.8 Å². The van der Waals surface area contributed by atoms with E-state index < -0.39 is 0 Å². The molecule has 0 aliphatic rings. The molecule has 0 bridgehead atoms. The smallest absolute Gasteiger partial charge is 0.272 e. The average Bonchev–Trinajstić information content (AvgIpc) is 2.60. The highest BCUT2D eigenvalue weighted by molar-refractivity contribution is 9.10. The number of benzene rings is 1. The van der Waals surface area contributed by atoms with Crippen molar-refractivity contribution in [1.29, 1.82) is 0 Å². The summed E-state index contributed by atoms with van der Waals surface area (Å²) in [6, 6.07) is 11.8. The van der Waals surface area contributed by atoms with Crippen molar-refractivity contribution in [3.05, 3.63) is 70.2 Å². The molecule has 0 radical (unpaired) electrons. The van der Waals surface area contributed by atoms with Gasteiger partial charge in [0.15, 0.2) is 0 Å². The molecular formula is C19H18BrN3O. The Kier molecular flexibility index (Phi) is 4.90. The fraction of sp³-hybridized carbons (Fsp3) is 0.211. The van der Waals surface area contributed by atoms with Crippen LogP contribution in [0.5, 0.6) is 0 Å². The van der Waals surface area contributed by atoms with Crippen LogP contribution in [0.4, 0.5) is 0 Å². The van der Waals surface area contributed by atoms with Crippen molar-refractivity contribution in [3.8, 4) is 0 Å². The highest BCUT2D eigenvalue weighted by Gasteiger charge is 2.17. The fourth-order valence-electron chi connectivity index (χ4n) is 2.66. The van der Waals surface area contributed by atoms with E-state index in [9.17, 15) is 4.79 Å². The van der Waals surface area contributed by atoms with Gasteiger partial charge in [0, 0.05) is 46.9 Å². The topological polar surface area (TPSA) is 46.1 Å². The third-order valence-electron chi connectivity index (χ3n) is 3.98. The van der Waals surface area contributed by atoms with Crippen molar-refractivity contribution >= 4 is 32.6 Å². The molecule has 0 saturated carbocycles. The Morgan fingerprint density at radius 3 is 2.67 bits per heavy atom.